The van der Waals surface area contributed by atoms with Gasteiger partial charge in [0.25, 0.3) is 0 Å². The first-order chi connectivity index (χ1) is 7.86. The number of carbonyl (C=O) groups excluding carboxylic acids is 2. The lowest BCUT2D eigenvalue weighted by Crippen LogP contribution is -2.29. The predicted octanol–water partition coefficient (Wildman–Crippen LogP) is 1.86. The highest BCUT2D eigenvalue weighted by Gasteiger charge is 2.21. The van der Waals surface area contributed by atoms with Crippen molar-refractivity contribution in [3.05, 3.63) is 0 Å². The Labute approximate surface area is 101 Å². The van der Waals surface area contributed by atoms with Gasteiger partial charge >= 0.3 is 12.1 Å². The summed E-state index contributed by atoms with van der Waals surface area (Å²) in [6.07, 6.45) is -2.75. The molecule has 6 heteroatoms. The van der Waals surface area contributed by atoms with Crippen molar-refractivity contribution >= 4 is 12.1 Å². The predicted molar refractivity (Wildman–Crippen MR) is 59.3 cm³/mol. The van der Waals surface area contributed by atoms with Gasteiger partial charge < -0.3 is 18.9 Å². The SMILES string of the molecule is CCOC(=O)C(C)OC(=O)OC(C)OC(C)C. The van der Waals surface area contributed by atoms with Crippen LogP contribution in [0.25, 0.3) is 0 Å². The van der Waals surface area contributed by atoms with E-state index in [9.17, 15) is 9.59 Å². The molecule has 0 aromatic carbocycles. The van der Waals surface area contributed by atoms with E-state index in [0.717, 1.165) is 0 Å². The first-order valence-electron chi connectivity index (χ1n) is 5.56. The third-order valence-electron chi connectivity index (χ3n) is 1.62. The summed E-state index contributed by atoms with van der Waals surface area (Å²) < 4.78 is 19.3. The Morgan fingerprint density at radius 2 is 1.65 bits per heavy atom. The third kappa shape index (κ3) is 7.57. The molecule has 0 radical (unpaired) electrons. The van der Waals surface area contributed by atoms with Crippen molar-refractivity contribution in [1.29, 1.82) is 0 Å². The van der Waals surface area contributed by atoms with E-state index in [1.807, 2.05) is 13.8 Å². The highest BCUT2D eigenvalue weighted by Crippen LogP contribution is 2.03. The summed E-state index contributed by atoms with van der Waals surface area (Å²) in [7, 11) is 0. The monoisotopic (exact) mass is 248 g/mol. The second kappa shape index (κ2) is 7.89. The Balaban J connectivity index is 3.96. The smallest absolute Gasteiger partial charge is 0.463 e. The highest BCUT2D eigenvalue weighted by molar-refractivity contribution is 5.76. The van der Waals surface area contributed by atoms with Crippen LogP contribution in [0.4, 0.5) is 4.79 Å². The Bertz CT molecular complexity index is 250. The van der Waals surface area contributed by atoms with Crippen LogP contribution in [0.3, 0.4) is 0 Å². The molecule has 0 saturated carbocycles. The molecule has 6 nitrogen and oxygen atoms in total. The van der Waals surface area contributed by atoms with E-state index in [1.165, 1.54) is 6.92 Å². The van der Waals surface area contributed by atoms with E-state index in [0.29, 0.717) is 0 Å². The van der Waals surface area contributed by atoms with E-state index < -0.39 is 24.5 Å². The van der Waals surface area contributed by atoms with Gasteiger partial charge in [-0.3, -0.25) is 0 Å². The van der Waals surface area contributed by atoms with Crippen LogP contribution in [0.1, 0.15) is 34.6 Å². The zero-order chi connectivity index (χ0) is 13.4. The topological polar surface area (TPSA) is 71.1 Å². The molecule has 0 aromatic heterocycles. The largest absolute Gasteiger partial charge is 0.511 e. The fraction of sp³-hybridized carbons (Fsp3) is 0.818. The average Bonchev–Trinajstić information content (AvgIpc) is 2.15. The normalized spacial score (nSPS) is 14.0. The summed E-state index contributed by atoms with van der Waals surface area (Å²) in [4.78, 5) is 22.4. The number of esters is 1. The van der Waals surface area contributed by atoms with Crippen LogP contribution < -0.4 is 0 Å². The molecule has 0 N–H and O–H groups in total. The Morgan fingerprint density at radius 3 is 2.12 bits per heavy atom. The summed E-state index contributed by atoms with van der Waals surface area (Å²) in [6.45, 7) is 8.50. The minimum Gasteiger partial charge on any atom is -0.463 e. The molecule has 2 unspecified atom stereocenters. The van der Waals surface area contributed by atoms with E-state index in [1.54, 1.807) is 13.8 Å². The molecule has 0 rings (SSSR count). The molecule has 0 fully saturated rings. The van der Waals surface area contributed by atoms with Crippen LogP contribution in [0.2, 0.25) is 0 Å². The molecule has 0 aliphatic heterocycles. The van der Waals surface area contributed by atoms with Crippen LogP contribution in [-0.4, -0.2) is 37.2 Å². The first kappa shape index (κ1) is 15.7. The van der Waals surface area contributed by atoms with Gasteiger partial charge in [0.2, 0.25) is 6.29 Å². The van der Waals surface area contributed by atoms with E-state index >= 15 is 0 Å². The van der Waals surface area contributed by atoms with Crippen molar-refractivity contribution in [3.63, 3.8) is 0 Å². The quantitative estimate of drug-likeness (QED) is 0.527. The maximum absolute atomic E-state index is 11.2. The van der Waals surface area contributed by atoms with Crippen molar-refractivity contribution in [1.82, 2.24) is 0 Å². The fourth-order valence-corrected chi connectivity index (χ4v) is 1.03. The first-order valence-corrected chi connectivity index (χ1v) is 5.56. The molecule has 0 saturated heterocycles. The maximum atomic E-state index is 11.2. The molecule has 0 aliphatic rings. The van der Waals surface area contributed by atoms with E-state index in [2.05, 4.69) is 4.74 Å². The summed E-state index contributed by atoms with van der Waals surface area (Å²) in [6, 6.07) is 0. The number of hydrogen-bond donors (Lipinski definition) is 0. The summed E-state index contributed by atoms with van der Waals surface area (Å²) in [5.74, 6) is -0.609. The molecule has 0 bridgehead atoms. The highest BCUT2D eigenvalue weighted by atomic mass is 16.8. The standard InChI is InChI=1S/C11H20O6/c1-6-14-10(12)8(4)16-11(13)17-9(5)15-7(2)3/h7-9H,6H2,1-5H3. The lowest BCUT2D eigenvalue weighted by molar-refractivity contribution is -0.160. The van der Waals surface area contributed by atoms with Crippen molar-refractivity contribution in [2.75, 3.05) is 6.61 Å². The minimum absolute atomic E-state index is 0.0692. The Morgan fingerprint density at radius 1 is 1.06 bits per heavy atom. The van der Waals surface area contributed by atoms with Gasteiger partial charge in [-0.05, 0) is 34.6 Å². The van der Waals surface area contributed by atoms with Crippen LogP contribution in [0.5, 0.6) is 0 Å². The van der Waals surface area contributed by atoms with Gasteiger partial charge in [0, 0.05) is 0 Å². The van der Waals surface area contributed by atoms with Crippen LogP contribution in [-0.2, 0) is 23.7 Å². The number of carbonyl (C=O) groups is 2. The number of ether oxygens (including phenoxy) is 4. The summed E-state index contributed by atoms with van der Waals surface area (Å²) in [5, 5.41) is 0. The molecular formula is C11H20O6. The number of hydrogen-bond acceptors (Lipinski definition) is 6. The minimum atomic E-state index is -0.992. The summed E-state index contributed by atoms with van der Waals surface area (Å²) >= 11 is 0. The van der Waals surface area contributed by atoms with Gasteiger partial charge in [-0.15, -0.1) is 0 Å². The van der Waals surface area contributed by atoms with Gasteiger partial charge in [0.05, 0.1) is 12.7 Å². The third-order valence-corrected chi connectivity index (χ3v) is 1.62. The zero-order valence-corrected chi connectivity index (χ0v) is 10.9. The molecule has 0 spiro atoms. The van der Waals surface area contributed by atoms with E-state index in [-0.39, 0.29) is 12.7 Å². The molecule has 0 amide bonds. The molecular weight excluding hydrogens is 228 g/mol. The van der Waals surface area contributed by atoms with Gasteiger partial charge in [-0.25, -0.2) is 9.59 Å². The fourth-order valence-electron chi connectivity index (χ4n) is 1.03. The zero-order valence-electron chi connectivity index (χ0n) is 10.9. The van der Waals surface area contributed by atoms with Crippen molar-refractivity contribution < 1.29 is 28.5 Å². The van der Waals surface area contributed by atoms with Gasteiger partial charge in [0.15, 0.2) is 6.10 Å². The van der Waals surface area contributed by atoms with Crippen molar-refractivity contribution in [3.8, 4) is 0 Å². The van der Waals surface area contributed by atoms with Gasteiger partial charge in [0.1, 0.15) is 0 Å². The average molecular weight is 248 g/mol. The second-order valence-electron chi connectivity index (χ2n) is 3.63. The molecule has 0 heterocycles. The lowest BCUT2D eigenvalue weighted by Gasteiger charge is -2.17. The molecule has 17 heavy (non-hydrogen) atoms. The van der Waals surface area contributed by atoms with Crippen molar-refractivity contribution in [2.24, 2.45) is 0 Å². The van der Waals surface area contributed by atoms with E-state index in [4.69, 9.17) is 14.2 Å². The maximum Gasteiger partial charge on any atom is 0.511 e. The molecule has 0 aliphatic carbocycles. The summed E-state index contributed by atoms with van der Waals surface area (Å²) in [5.41, 5.74) is 0. The Hall–Kier alpha value is -1.30. The number of rotatable bonds is 6. The molecule has 100 valence electrons. The molecule has 0 aromatic rings. The van der Waals surface area contributed by atoms with Crippen molar-refractivity contribution in [2.45, 2.75) is 53.1 Å². The molecule has 2 atom stereocenters. The van der Waals surface area contributed by atoms with Crippen LogP contribution in [0, 0.1) is 0 Å². The van der Waals surface area contributed by atoms with Gasteiger partial charge in [-0.1, -0.05) is 0 Å². The Kier molecular flexibility index (Phi) is 7.29. The lowest BCUT2D eigenvalue weighted by atomic mass is 10.4. The van der Waals surface area contributed by atoms with Gasteiger partial charge in [-0.2, -0.15) is 0 Å². The second-order valence-corrected chi connectivity index (χ2v) is 3.63. The van der Waals surface area contributed by atoms with Crippen LogP contribution >= 0.6 is 0 Å². The van der Waals surface area contributed by atoms with Crippen LogP contribution in [0.15, 0.2) is 0 Å².